The first-order valence-corrected chi connectivity index (χ1v) is 8.34. The quantitative estimate of drug-likeness (QED) is 0.916. The van der Waals surface area contributed by atoms with Crippen LogP contribution in [0.1, 0.15) is 34.6 Å². The predicted molar refractivity (Wildman–Crippen MR) is 87.6 cm³/mol. The molecule has 2 aromatic heterocycles. The Morgan fingerprint density at radius 3 is 2.70 bits per heavy atom. The maximum Gasteiger partial charge on any atom is 0.274 e. The lowest BCUT2D eigenvalue weighted by Gasteiger charge is -2.35. The van der Waals surface area contributed by atoms with Crippen LogP contribution in [-0.2, 0) is 12.8 Å². The number of carbonyl (C=O) groups is 1. The second-order valence-corrected chi connectivity index (χ2v) is 6.20. The molecule has 2 aromatic rings. The molecule has 1 aliphatic carbocycles. The zero-order valence-electron chi connectivity index (χ0n) is 13.2. The monoisotopic (exact) mass is 311 g/mol. The molecule has 23 heavy (non-hydrogen) atoms. The average molecular weight is 311 g/mol. The first-order chi connectivity index (χ1) is 11.3. The van der Waals surface area contributed by atoms with E-state index in [1.807, 2.05) is 29.3 Å². The van der Waals surface area contributed by atoms with Crippen molar-refractivity contribution < 1.29 is 4.79 Å². The highest BCUT2D eigenvalue weighted by Crippen LogP contribution is 2.23. The third-order valence-corrected chi connectivity index (χ3v) is 4.80. The lowest BCUT2D eigenvalue weighted by Crippen LogP contribution is -2.49. The largest absolute Gasteiger partial charge is 0.353 e. The van der Waals surface area contributed by atoms with Gasteiger partial charge in [-0.05, 0) is 37.8 Å². The molecular formula is C17H21N5O. The number of nitrogens with zero attached hydrogens (tertiary/aromatic N) is 4. The van der Waals surface area contributed by atoms with Gasteiger partial charge in [0.1, 0.15) is 5.82 Å². The molecule has 3 heterocycles. The van der Waals surface area contributed by atoms with E-state index in [0.29, 0.717) is 5.69 Å². The number of hydrogen-bond acceptors (Lipinski definition) is 4. The number of amides is 1. The third-order valence-electron chi connectivity index (χ3n) is 4.80. The van der Waals surface area contributed by atoms with Crippen LogP contribution in [0, 0.1) is 0 Å². The normalized spacial score (nSPS) is 17.9. The van der Waals surface area contributed by atoms with Crippen LogP contribution in [0.3, 0.4) is 0 Å². The summed E-state index contributed by atoms with van der Waals surface area (Å²) in [6.07, 6.45) is 6.14. The van der Waals surface area contributed by atoms with Crippen LogP contribution in [0.4, 0.5) is 5.82 Å². The summed E-state index contributed by atoms with van der Waals surface area (Å²) in [6, 6.07) is 5.93. The van der Waals surface area contributed by atoms with E-state index in [-0.39, 0.29) is 5.91 Å². The lowest BCUT2D eigenvalue weighted by atomic mass is 9.95. The van der Waals surface area contributed by atoms with E-state index in [1.165, 1.54) is 6.42 Å². The number of aromatic amines is 1. The van der Waals surface area contributed by atoms with E-state index in [1.54, 1.807) is 0 Å². The van der Waals surface area contributed by atoms with Gasteiger partial charge in [0.15, 0.2) is 5.69 Å². The molecule has 0 aromatic carbocycles. The number of aromatic nitrogens is 3. The minimum atomic E-state index is 0.0741. The molecule has 6 nitrogen and oxygen atoms in total. The van der Waals surface area contributed by atoms with Crippen molar-refractivity contribution in [2.75, 3.05) is 31.1 Å². The van der Waals surface area contributed by atoms with Crippen LogP contribution < -0.4 is 4.90 Å². The highest BCUT2D eigenvalue weighted by atomic mass is 16.2. The second kappa shape index (κ2) is 6.02. The van der Waals surface area contributed by atoms with Gasteiger partial charge >= 0.3 is 0 Å². The standard InChI is InChI=1S/C17H21N5O/c23-17(16-13-5-1-2-6-14(13)19-20-16)22-11-9-21(10-12-22)15-7-3-4-8-18-15/h3-4,7-8H,1-2,5-6,9-12H2,(H,19,20). The van der Waals surface area contributed by atoms with Gasteiger partial charge in [0, 0.05) is 43.6 Å². The van der Waals surface area contributed by atoms with Crippen molar-refractivity contribution in [2.45, 2.75) is 25.7 Å². The van der Waals surface area contributed by atoms with Crippen molar-refractivity contribution in [2.24, 2.45) is 0 Å². The average Bonchev–Trinajstić information content (AvgIpc) is 3.06. The molecule has 6 heteroatoms. The Balaban J connectivity index is 1.44. The molecule has 120 valence electrons. The summed E-state index contributed by atoms with van der Waals surface area (Å²) in [6.45, 7) is 3.07. The van der Waals surface area contributed by atoms with Gasteiger partial charge in [-0.2, -0.15) is 5.10 Å². The molecule has 1 saturated heterocycles. The number of nitrogens with one attached hydrogen (secondary N) is 1. The summed E-state index contributed by atoms with van der Waals surface area (Å²) < 4.78 is 0. The van der Waals surface area contributed by atoms with E-state index in [0.717, 1.165) is 62.5 Å². The van der Waals surface area contributed by atoms with Crippen molar-refractivity contribution in [1.29, 1.82) is 0 Å². The van der Waals surface area contributed by atoms with E-state index in [2.05, 4.69) is 20.1 Å². The summed E-state index contributed by atoms with van der Waals surface area (Å²) >= 11 is 0. The lowest BCUT2D eigenvalue weighted by molar-refractivity contribution is 0.0739. The van der Waals surface area contributed by atoms with Crippen molar-refractivity contribution in [1.82, 2.24) is 20.1 Å². The molecule has 1 fully saturated rings. The van der Waals surface area contributed by atoms with Gasteiger partial charge in [0.25, 0.3) is 5.91 Å². The number of pyridine rings is 1. The van der Waals surface area contributed by atoms with Crippen LogP contribution in [0.5, 0.6) is 0 Å². The van der Waals surface area contributed by atoms with Gasteiger partial charge in [-0.3, -0.25) is 9.89 Å². The van der Waals surface area contributed by atoms with Gasteiger partial charge in [-0.15, -0.1) is 0 Å². The van der Waals surface area contributed by atoms with Gasteiger partial charge in [-0.1, -0.05) is 6.07 Å². The van der Waals surface area contributed by atoms with E-state index in [4.69, 9.17) is 0 Å². The zero-order chi connectivity index (χ0) is 15.6. The molecule has 1 aliphatic heterocycles. The fraction of sp³-hybridized carbons (Fsp3) is 0.471. The molecule has 1 N–H and O–H groups in total. The van der Waals surface area contributed by atoms with Gasteiger partial charge in [0.2, 0.25) is 0 Å². The second-order valence-electron chi connectivity index (χ2n) is 6.20. The van der Waals surface area contributed by atoms with Crippen LogP contribution >= 0.6 is 0 Å². The van der Waals surface area contributed by atoms with Crippen molar-refractivity contribution in [3.8, 4) is 0 Å². The third kappa shape index (κ3) is 2.69. The molecule has 1 amide bonds. The molecule has 0 spiro atoms. The summed E-state index contributed by atoms with van der Waals surface area (Å²) in [5, 5.41) is 7.37. The molecule has 0 unspecified atom stereocenters. The molecule has 0 saturated carbocycles. The Kier molecular flexibility index (Phi) is 3.73. The van der Waals surface area contributed by atoms with Crippen molar-refractivity contribution >= 4 is 11.7 Å². The Hall–Kier alpha value is -2.37. The van der Waals surface area contributed by atoms with Crippen LogP contribution in [0.15, 0.2) is 24.4 Å². The molecule has 0 radical (unpaired) electrons. The van der Waals surface area contributed by atoms with Gasteiger partial charge in [0.05, 0.1) is 0 Å². The first-order valence-electron chi connectivity index (χ1n) is 8.34. The summed E-state index contributed by atoms with van der Waals surface area (Å²) in [4.78, 5) is 21.3. The van der Waals surface area contributed by atoms with Crippen LogP contribution in [0.2, 0.25) is 0 Å². The number of piperazine rings is 1. The first kappa shape index (κ1) is 14.2. The van der Waals surface area contributed by atoms with Crippen LogP contribution in [0.25, 0.3) is 0 Å². The van der Waals surface area contributed by atoms with Crippen molar-refractivity contribution in [3.63, 3.8) is 0 Å². The van der Waals surface area contributed by atoms with Gasteiger partial charge in [-0.25, -0.2) is 4.98 Å². The van der Waals surface area contributed by atoms with Crippen LogP contribution in [-0.4, -0.2) is 52.2 Å². The number of H-pyrrole nitrogens is 1. The molecule has 0 atom stereocenters. The maximum absolute atomic E-state index is 12.8. The summed E-state index contributed by atoms with van der Waals surface area (Å²) in [5.74, 6) is 1.06. The smallest absolute Gasteiger partial charge is 0.274 e. The van der Waals surface area contributed by atoms with Crippen molar-refractivity contribution in [3.05, 3.63) is 41.3 Å². The Morgan fingerprint density at radius 2 is 1.91 bits per heavy atom. The number of hydrogen-bond donors (Lipinski definition) is 1. The summed E-state index contributed by atoms with van der Waals surface area (Å²) in [5.41, 5.74) is 2.95. The van der Waals surface area contributed by atoms with E-state index < -0.39 is 0 Å². The minimum absolute atomic E-state index is 0.0741. The topological polar surface area (TPSA) is 65.1 Å². The van der Waals surface area contributed by atoms with E-state index >= 15 is 0 Å². The maximum atomic E-state index is 12.8. The Morgan fingerprint density at radius 1 is 1.09 bits per heavy atom. The highest BCUT2D eigenvalue weighted by molar-refractivity contribution is 5.94. The number of rotatable bonds is 2. The molecule has 4 rings (SSSR count). The SMILES string of the molecule is O=C(c1n[nH]c2c1CCCC2)N1CCN(c2ccccn2)CC1. The predicted octanol–water partition coefficient (Wildman–Crippen LogP) is 1.65. The number of fused-ring (bicyclic) bond motifs is 1. The Labute approximate surface area is 135 Å². The highest BCUT2D eigenvalue weighted by Gasteiger charge is 2.28. The van der Waals surface area contributed by atoms with E-state index in [9.17, 15) is 4.79 Å². The number of anilines is 1. The van der Waals surface area contributed by atoms with Gasteiger partial charge < -0.3 is 9.80 Å². The molecule has 0 bridgehead atoms. The molecule has 2 aliphatic rings. The minimum Gasteiger partial charge on any atom is -0.353 e. The zero-order valence-corrected chi connectivity index (χ0v) is 13.2. The fourth-order valence-electron chi connectivity index (χ4n) is 3.49. The number of aryl methyl sites for hydroxylation is 1. The fourth-order valence-corrected chi connectivity index (χ4v) is 3.49. The molecular weight excluding hydrogens is 290 g/mol. The number of carbonyl (C=O) groups excluding carboxylic acids is 1. The summed E-state index contributed by atoms with van der Waals surface area (Å²) in [7, 11) is 0. The Bertz CT molecular complexity index is 688.